The van der Waals surface area contributed by atoms with Crippen LogP contribution in [-0.2, 0) is 6.42 Å². The third-order valence-electron chi connectivity index (χ3n) is 3.49. The maximum Gasteiger partial charge on any atom is 0.0827 e. The normalized spacial score (nSPS) is 23.7. The quantitative estimate of drug-likeness (QED) is 0.776. The SMILES string of the molecule is C[C@@H]1Cc2ccc3cc(Br)ccc3c2[C@@H]1O. The summed E-state index contributed by atoms with van der Waals surface area (Å²) in [6.45, 7) is 2.11. The van der Waals surface area contributed by atoms with E-state index >= 15 is 0 Å². The van der Waals surface area contributed by atoms with E-state index < -0.39 is 0 Å². The van der Waals surface area contributed by atoms with Gasteiger partial charge in [0, 0.05) is 4.47 Å². The van der Waals surface area contributed by atoms with Crippen LogP contribution in [0, 0.1) is 5.92 Å². The highest BCUT2D eigenvalue weighted by molar-refractivity contribution is 9.10. The van der Waals surface area contributed by atoms with Gasteiger partial charge in [-0.25, -0.2) is 0 Å². The maximum absolute atomic E-state index is 10.2. The van der Waals surface area contributed by atoms with Crippen LogP contribution in [0.3, 0.4) is 0 Å². The minimum Gasteiger partial charge on any atom is -0.388 e. The molecule has 0 saturated heterocycles. The number of aliphatic hydroxyl groups excluding tert-OH is 1. The average molecular weight is 277 g/mol. The minimum atomic E-state index is -0.306. The summed E-state index contributed by atoms with van der Waals surface area (Å²) in [5.74, 6) is 0.337. The molecule has 82 valence electrons. The van der Waals surface area contributed by atoms with Crippen molar-refractivity contribution in [1.29, 1.82) is 0 Å². The zero-order valence-electron chi connectivity index (χ0n) is 9.07. The molecule has 0 fully saturated rings. The van der Waals surface area contributed by atoms with Crippen molar-refractivity contribution in [2.75, 3.05) is 0 Å². The molecule has 1 N–H and O–H groups in total. The lowest BCUT2D eigenvalue weighted by molar-refractivity contribution is 0.134. The first-order valence-electron chi connectivity index (χ1n) is 5.56. The van der Waals surface area contributed by atoms with E-state index in [1.165, 1.54) is 16.3 Å². The first-order valence-corrected chi connectivity index (χ1v) is 6.35. The van der Waals surface area contributed by atoms with Gasteiger partial charge in [-0.3, -0.25) is 0 Å². The van der Waals surface area contributed by atoms with Gasteiger partial charge in [0.15, 0.2) is 0 Å². The molecule has 0 spiro atoms. The van der Waals surface area contributed by atoms with Crippen LogP contribution in [-0.4, -0.2) is 5.11 Å². The third kappa shape index (κ3) is 1.40. The topological polar surface area (TPSA) is 20.2 Å². The van der Waals surface area contributed by atoms with Crippen molar-refractivity contribution < 1.29 is 5.11 Å². The summed E-state index contributed by atoms with van der Waals surface area (Å²) >= 11 is 3.48. The Morgan fingerprint density at radius 1 is 1.25 bits per heavy atom. The van der Waals surface area contributed by atoms with Gasteiger partial charge in [-0.15, -0.1) is 0 Å². The summed E-state index contributed by atoms with van der Waals surface area (Å²) in [6.07, 6.45) is 0.683. The molecule has 2 atom stereocenters. The first-order chi connectivity index (χ1) is 7.66. The van der Waals surface area contributed by atoms with Crippen molar-refractivity contribution >= 4 is 26.7 Å². The lowest BCUT2D eigenvalue weighted by Gasteiger charge is -2.11. The summed E-state index contributed by atoms with van der Waals surface area (Å²) in [7, 11) is 0. The van der Waals surface area contributed by atoms with E-state index in [0.29, 0.717) is 5.92 Å². The van der Waals surface area contributed by atoms with E-state index in [0.717, 1.165) is 16.5 Å². The Morgan fingerprint density at radius 3 is 2.88 bits per heavy atom. The Morgan fingerprint density at radius 2 is 2.06 bits per heavy atom. The van der Waals surface area contributed by atoms with E-state index in [1.54, 1.807) is 0 Å². The molecule has 2 aromatic carbocycles. The number of halogens is 1. The van der Waals surface area contributed by atoms with Crippen molar-refractivity contribution in [2.24, 2.45) is 5.92 Å². The lowest BCUT2D eigenvalue weighted by Crippen LogP contribution is -2.01. The summed E-state index contributed by atoms with van der Waals surface area (Å²) in [5.41, 5.74) is 2.44. The molecule has 2 aromatic rings. The van der Waals surface area contributed by atoms with Crippen molar-refractivity contribution in [2.45, 2.75) is 19.4 Å². The fourth-order valence-electron chi connectivity index (χ4n) is 2.64. The van der Waals surface area contributed by atoms with Gasteiger partial charge in [0.05, 0.1) is 6.10 Å². The molecular formula is C14H13BrO. The van der Waals surface area contributed by atoms with Gasteiger partial charge in [0.2, 0.25) is 0 Å². The van der Waals surface area contributed by atoms with Gasteiger partial charge in [-0.05, 0) is 46.4 Å². The first kappa shape index (κ1) is 10.3. The van der Waals surface area contributed by atoms with Crippen LogP contribution in [0.2, 0.25) is 0 Å². The molecule has 1 aliphatic rings. The van der Waals surface area contributed by atoms with E-state index in [-0.39, 0.29) is 6.10 Å². The van der Waals surface area contributed by atoms with Gasteiger partial charge < -0.3 is 5.11 Å². The summed E-state index contributed by atoms with van der Waals surface area (Å²) in [5, 5.41) is 12.6. The summed E-state index contributed by atoms with van der Waals surface area (Å²) in [6, 6.07) is 10.5. The van der Waals surface area contributed by atoms with Crippen LogP contribution < -0.4 is 0 Å². The van der Waals surface area contributed by atoms with Crippen LogP contribution in [0.4, 0.5) is 0 Å². The molecule has 0 unspecified atom stereocenters. The van der Waals surface area contributed by atoms with E-state index in [1.807, 2.05) is 6.07 Å². The van der Waals surface area contributed by atoms with Gasteiger partial charge in [-0.2, -0.15) is 0 Å². The highest BCUT2D eigenvalue weighted by atomic mass is 79.9. The predicted octanol–water partition coefficient (Wildman–Crippen LogP) is 3.83. The number of benzene rings is 2. The fraction of sp³-hybridized carbons (Fsp3) is 0.286. The zero-order valence-corrected chi connectivity index (χ0v) is 10.7. The number of fused-ring (bicyclic) bond motifs is 3. The van der Waals surface area contributed by atoms with Gasteiger partial charge in [-0.1, -0.05) is 41.1 Å². The van der Waals surface area contributed by atoms with Crippen LogP contribution in [0.15, 0.2) is 34.8 Å². The highest BCUT2D eigenvalue weighted by Gasteiger charge is 2.28. The standard InChI is InChI=1S/C14H13BrO/c1-8-6-10-3-2-9-7-11(15)4-5-12(9)13(10)14(8)16/h2-5,7-8,14,16H,6H2,1H3/t8-,14-/m1/s1. The molecule has 1 aliphatic carbocycles. The van der Waals surface area contributed by atoms with Crippen molar-refractivity contribution in [1.82, 2.24) is 0 Å². The number of hydrogen-bond acceptors (Lipinski definition) is 1. The van der Waals surface area contributed by atoms with Crippen LogP contribution >= 0.6 is 15.9 Å². The Labute approximate surface area is 103 Å². The molecule has 0 aromatic heterocycles. The molecule has 2 heteroatoms. The molecule has 0 bridgehead atoms. The van der Waals surface area contributed by atoms with Gasteiger partial charge in [0.25, 0.3) is 0 Å². The molecule has 1 nitrogen and oxygen atoms in total. The summed E-state index contributed by atoms with van der Waals surface area (Å²) < 4.78 is 1.08. The molecule has 0 saturated carbocycles. The van der Waals surface area contributed by atoms with E-state index in [4.69, 9.17) is 0 Å². The molecule has 3 rings (SSSR count). The zero-order chi connectivity index (χ0) is 11.3. The van der Waals surface area contributed by atoms with E-state index in [9.17, 15) is 5.11 Å². The third-order valence-corrected chi connectivity index (χ3v) is 3.98. The fourth-order valence-corrected chi connectivity index (χ4v) is 3.02. The largest absolute Gasteiger partial charge is 0.388 e. The Bertz CT molecular complexity index is 562. The second-order valence-corrected chi connectivity index (χ2v) is 5.55. The second kappa shape index (κ2) is 3.57. The number of hydrogen-bond donors (Lipinski definition) is 1. The van der Waals surface area contributed by atoms with Gasteiger partial charge >= 0.3 is 0 Å². The lowest BCUT2D eigenvalue weighted by atomic mass is 9.99. The van der Waals surface area contributed by atoms with Crippen LogP contribution in [0.5, 0.6) is 0 Å². The molecule has 0 heterocycles. The smallest absolute Gasteiger partial charge is 0.0827 e. The monoisotopic (exact) mass is 276 g/mol. The highest BCUT2D eigenvalue weighted by Crippen LogP contribution is 2.40. The van der Waals surface area contributed by atoms with E-state index in [2.05, 4.69) is 47.1 Å². The number of rotatable bonds is 0. The average Bonchev–Trinajstić information content (AvgIpc) is 2.55. The summed E-state index contributed by atoms with van der Waals surface area (Å²) in [4.78, 5) is 0. The Hall–Kier alpha value is -0.860. The number of aliphatic hydroxyl groups is 1. The molecule has 0 amide bonds. The van der Waals surface area contributed by atoms with Crippen LogP contribution in [0.25, 0.3) is 10.8 Å². The second-order valence-electron chi connectivity index (χ2n) is 4.63. The van der Waals surface area contributed by atoms with Crippen LogP contribution in [0.1, 0.15) is 24.2 Å². The predicted molar refractivity (Wildman–Crippen MR) is 69.5 cm³/mol. The molecule has 0 radical (unpaired) electrons. The Kier molecular flexibility index (Phi) is 2.30. The molecule has 0 aliphatic heterocycles. The molecular weight excluding hydrogens is 264 g/mol. The van der Waals surface area contributed by atoms with Crippen molar-refractivity contribution in [3.05, 3.63) is 45.9 Å². The minimum absolute atomic E-state index is 0.306. The maximum atomic E-state index is 10.2. The Balaban J connectivity index is 2.33. The molecule has 16 heavy (non-hydrogen) atoms. The van der Waals surface area contributed by atoms with Crippen molar-refractivity contribution in [3.63, 3.8) is 0 Å². The van der Waals surface area contributed by atoms with Gasteiger partial charge in [0.1, 0.15) is 0 Å². The van der Waals surface area contributed by atoms with Crippen molar-refractivity contribution in [3.8, 4) is 0 Å².